The summed E-state index contributed by atoms with van der Waals surface area (Å²) in [5, 5.41) is 2.87. The molecule has 3 rings (SSSR count). The molecule has 2 aromatic rings. The van der Waals surface area contributed by atoms with E-state index in [1.54, 1.807) is 12.1 Å². The van der Waals surface area contributed by atoms with Gasteiger partial charge in [0.05, 0.1) is 12.1 Å². The lowest BCUT2D eigenvalue weighted by atomic mass is 9.99. The standard InChI is InChI=1S/C14H18N4O2/c1-14(2)13(19)16-5-6-18(14)8-12-17-10-4-3-9(15)7-11(10)20-12/h3-4,7H,5-6,8,15H2,1-2H3,(H,16,19). The van der Waals surface area contributed by atoms with Crippen LogP contribution >= 0.6 is 0 Å². The number of nitrogens with zero attached hydrogens (tertiary/aromatic N) is 2. The Morgan fingerprint density at radius 3 is 3.10 bits per heavy atom. The van der Waals surface area contributed by atoms with Gasteiger partial charge in [-0.05, 0) is 26.0 Å². The summed E-state index contributed by atoms with van der Waals surface area (Å²) in [5.74, 6) is 0.637. The van der Waals surface area contributed by atoms with Gasteiger partial charge in [0.15, 0.2) is 5.58 Å². The number of fused-ring (bicyclic) bond motifs is 1. The Morgan fingerprint density at radius 1 is 1.50 bits per heavy atom. The molecule has 1 aromatic heterocycles. The smallest absolute Gasteiger partial charge is 0.240 e. The van der Waals surface area contributed by atoms with Gasteiger partial charge in [-0.25, -0.2) is 4.98 Å². The van der Waals surface area contributed by atoms with Crippen molar-refractivity contribution in [1.29, 1.82) is 0 Å². The van der Waals surface area contributed by atoms with Gasteiger partial charge in [0.2, 0.25) is 11.8 Å². The van der Waals surface area contributed by atoms with E-state index in [1.807, 2.05) is 19.9 Å². The number of carbonyl (C=O) groups excluding carboxylic acids is 1. The van der Waals surface area contributed by atoms with Gasteiger partial charge in [-0.15, -0.1) is 0 Å². The molecule has 0 radical (unpaired) electrons. The number of anilines is 1. The molecule has 2 heterocycles. The van der Waals surface area contributed by atoms with Crippen LogP contribution in [0.25, 0.3) is 11.1 Å². The van der Waals surface area contributed by atoms with Gasteiger partial charge in [0.1, 0.15) is 5.52 Å². The van der Waals surface area contributed by atoms with Gasteiger partial charge < -0.3 is 15.5 Å². The topological polar surface area (TPSA) is 84.4 Å². The van der Waals surface area contributed by atoms with Gasteiger partial charge in [-0.1, -0.05) is 0 Å². The third-order valence-electron chi connectivity index (χ3n) is 3.80. The molecule has 0 saturated carbocycles. The van der Waals surface area contributed by atoms with E-state index in [2.05, 4.69) is 15.2 Å². The summed E-state index contributed by atoms with van der Waals surface area (Å²) in [4.78, 5) is 18.4. The lowest BCUT2D eigenvalue weighted by Gasteiger charge is -2.40. The lowest BCUT2D eigenvalue weighted by molar-refractivity contribution is -0.135. The molecule has 1 aliphatic heterocycles. The average Bonchev–Trinajstić information content (AvgIpc) is 2.77. The van der Waals surface area contributed by atoms with Crippen LogP contribution in [0.15, 0.2) is 22.6 Å². The molecule has 3 N–H and O–H groups in total. The molecule has 0 spiro atoms. The zero-order chi connectivity index (χ0) is 14.3. The molecule has 1 saturated heterocycles. The number of amides is 1. The van der Waals surface area contributed by atoms with Gasteiger partial charge in [-0.3, -0.25) is 9.69 Å². The highest BCUT2D eigenvalue weighted by atomic mass is 16.3. The van der Waals surface area contributed by atoms with Crippen LogP contribution in [0.2, 0.25) is 0 Å². The number of carbonyl (C=O) groups is 1. The summed E-state index contributed by atoms with van der Waals surface area (Å²) >= 11 is 0. The molecule has 20 heavy (non-hydrogen) atoms. The fourth-order valence-corrected chi connectivity index (χ4v) is 2.44. The van der Waals surface area contributed by atoms with Crippen LogP contribution in [0, 0.1) is 0 Å². The minimum absolute atomic E-state index is 0.0316. The van der Waals surface area contributed by atoms with E-state index >= 15 is 0 Å². The molecule has 1 aliphatic rings. The van der Waals surface area contributed by atoms with Crippen LogP contribution in [0.1, 0.15) is 19.7 Å². The third-order valence-corrected chi connectivity index (χ3v) is 3.80. The van der Waals surface area contributed by atoms with Gasteiger partial charge >= 0.3 is 0 Å². The van der Waals surface area contributed by atoms with Crippen molar-refractivity contribution in [2.75, 3.05) is 18.8 Å². The van der Waals surface area contributed by atoms with Crippen molar-refractivity contribution in [2.45, 2.75) is 25.9 Å². The maximum absolute atomic E-state index is 11.9. The predicted molar refractivity (Wildman–Crippen MR) is 75.9 cm³/mol. The molecule has 0 bridgehead atoms. The summed E-state index contributed by atoms with van der Waals surface area (Å²) in [6, 6.07) is 5.40. The van der Waals surface area contributed by atoms with E-state index in [1.165, 1.54) is 0 Å². The molecule has 0 unspecified atom stereocenters. The predicted octanol–water partition coefficient (Wildman–Crippen LogP) is 1.12. The first kappa shape index (κ1) is 12.9. The average molecular weight is 274 g/mol. The number of benzene rings is 1. The first-order valence-corrected chi connectivity index (χ1v) is 6.65. The Labute approximate surface area is 116 Å². The van der Waals surface area contributed by atoms with E-state index < -0.39 is 5.54 Å². The van der Waals surface area contributed by atoms with Crippen LogP contribution in [0.5, 0.6) is 0 Å². The molecule has 1 amide bonds. The quantitative estimate of drug-likeness (QED) is 0.802. The van der Waals surface area contributed by atoms with Crippen LogP contribution in [-0.4, -0.2) is 34.4 Å². The van der Waals surface area contributed by atoms with Crippen LogP contribution in [-0.2, 0) is 11.3 Å². The van der Waals surface area contributed by atoms with E-state index in [0.29, 0.717) is 30.3 Å². The molecule has 106 valence electrons. The fourth-order valence-electron chi connectivity index (χ4n) is 2.44. The van der Waals surface area contributed by atoms with Crippen LogP contribution in [0.3, 0.4) is 0 Å². The van der Waals surface area contributed by atoms with Crippen LogP contribution < -0.4 is 11.1 Å². The summed E-state index contributed by atoms with van der Waals surface area (Å²) in [5.41, 5.74) is 7.29. The Kier molecular flexibility index (Phi) is 2.90. The highest BCUT2D eigenvalue weighted by Gasteiger charge is 2.38. The van der Waals surface area contributed by atoms with Gasteiger partial charge in [-0.2, -0.15) is 0 Å². The van der Waals surface area contributed by atoms with Gasteiger partial charge in [0, 0.05) is 24.8 Å². The summed E-state index contributed by atoms with van der Waals surface area (Å²) in [6.07, 6.45) is 0. The first-order chi connectivity index (χ1) is 9.46. The van der Waals surface area contributed by atoms with Crippen molar-refractivity contribution < 1.29 is 9.21 Å². The second kappa shape index (κ2) is 4.49. The molecule has 1 aromatic carbocycles. The summed E-state index contributed by atoms with van der Waals surface area (Å²) < 4.78 is 5.72. The van der Waals surface area contributed by atoms with Crippen molar-refractivity contribution >= 4 is 22.7 Å². The Bertz CT molecular complexity index is 662. The number of hydrogen-bond donors (Lipinski definition) is 2. The van der Waals surface area contributed by atoms with Crippen molar-refractivity contribution in [1.82, 2.24) is 15.2 Å². The molecule has 0 aliphatic carbocycles. The Hall–Kier alpha value is -2.08. The first-order valence-electron chi connectivity index (χ1n) is 6.65. The van der Waals surface area contributed by atoms with Crippen molar-refractivity contribution in [3.8, 4) is 0 Å². The second-order valence-electron chi connectivity index (χ2n) is 5.57. The van der Waals surface area contributed by atoms with Crippen LogP contribution in [0.4, 0.5) is 5.69 Å². The maximum Gasteiger partial charge on any atom is 0.240 e. The summed E-state index contributed by atoms with van der Waals surface area (Å²) in [6.45, 7) is 5.74. The number of hydrogen-bond acceptors (Lipinski definition) is 5. The van der Waals surface area contributed by atoms with E-state index in [4.69, 9.17) is 10.2 Å². The Balaban J connectivity index is 1.87. The highest BCUT2D eigenvalue weighted by molar-refractivity contribution is 5.86. The van der Waals surface area contributed by atoms with Crippen molar-refractivity contribution in [3.63, 3.8) is 0 Å². The normalized spacial score (nSPS) is 19.2. The lowest BCUT2D eigenvalue weighted by Crippen LogP contribution is -2.61. The monoisotopic (exact) mass is 274 g/mol. The molecule has 6 nitrogen and oxygen atoms in total. The number of rotatable bonds is 2. The number of aromatic nitrogens is 1. The molecular formula is C14H18N4O2. The number of nitrogens with two attached hydrogens (primary N) is 1. The number of nitrogen functional groups attached to an aromatic ring is 1. The zero-order valence-electron chi connectivity index (χ0n) is 11.6. The minimum atomic E-state index is -0.558. The molecule has 0 atom stereocenters. The van der Waals surface area contributed by atoms with Crippen molar-refractivity contribution in [3.05, 3.63) is 24.1 Å². The number of nitrogens with one attached hydrogen (secondary N) is 1. The fraction of sp³-hybridized carbons (Fsp3) is 0.429. The zero-order valence-corrected chi connectivity index (χ0v) is 11.6. The highest BCUT2D eigenvalue weighted by Crippen LogP contribution is 2.23. The van der Waals surface area contributed by atoms with Gasteiger partial charge in [0.25, 0.3) is 0 Å². The SMILES string of the molecule is CC1(C)C(=O)NCCN1Cc1nc2ccc(N)cc2o1. The Morgan fingerprint density at radius 2 is 2.30 bits per heavy atom. The molecule has 1 fully saturated rings. The number of oxazole rings is 1. The number of piperazine rings is 1. The largest absolute Gasteiger partial charge is 0.439 e. The van der Waals surface area contributed by atoms with E-state index in [0.717, 1.165) is 12.1 Å². The van der Waals surface area contributed by atoms with Crippen molar-refractivity contribution in [2.24, 2.45) is 0 Å². The molecule has 6 heteroatoms. The van der Waals surface area contributed by atoms with E-state index in [9.17, 15) is 4.79 Å². The second-order valence-corrected chi connectivity index (χ2v) is 5.57. The maximum atomic E-state index is 11.9. The minimum Gasteiger partial charge on any atom is -0.439 e. The molecular weight excluding hydrogens is 256 g/mol. The third kappa shape index (κ3) is 2.12. The van der Waals surface area contributed by atoms with E-state index in [-0.39, 0.29) is 5.91 Å². The summed E-state index contributed by atoms with van der Waals surface area (Å²) in [7, 11) is 0.